The van der Waals surface area contributed by atoms with Gasteiger partial charge in [0, 0.05) is 25.6 Å². The lowest BCUT2D eigenvalue weighted by molar-refractivity contribution is 0.110. The van der Waals surface area contributed by atoms with E-state index in [1.165, 1.54) is 12.7 Å². The third-order valence-electron chi connectivity index (χ3n) is 5.77. The standard InChI is InChI=1S/C23H29N5O/c1-3-16(2)28-13-18(14-28)27-23-21(22(24)25-15-26-23)17-9-11-20(12-10-17)29-19-7-5-4-6-8-19/h4-9,11,15-16,18H,3,10,12-14H2,1-2H3,(H3,24,25,26,27). The number of anilines is 2. The fourth-order valence-electron chi connectivity index (χ4n) is 3.79. The zero-order chi connectivity index (χ0) is 20.2. The number of likely N-dealkylation sites (tertiary alicyclic amines) is 1. The van der Waals surface area contributed by atoms with Crippen molar-refractivity contribution in [2.24, 2.45) is 0 Å². The van der Waals surface area contributed by atoms with Crippen molar-refractivity contribution >= 4 is 17.2 Å². The van der Waals surface area contributed by atoms with Crippen LogP contribution < -0.4 is 15.8 Å². The fourth-order valence-corrected chi connectivity index (χ4v) is 3.79. The van der Waals surface area contributed by atoms with Crippen molar-refractivity contribution in [3.63, 3.8) is 0 Å². The van der Waals surface area contributed by atoms with Gasteiger partial charge in [-0.15, -0.1) is 0 Å². The average molecular weight is 392 g/mol. The predicted octanol–water partition coefficient (Wildman–Crippen LogP) is 4.09. The van der Waals surface area contributed by atoms with Gasteiger partial charge < -0.3 is 15.8 Å². The molecule has 4 rings (SSSR count). The second-order valence-corrected chi connectivity index (χ2v) is 7.77. The van der Waals surface area contributed by atoms with Gasteiger partial charge in [-0.2, -0.15) is 0 Å². The molecule has 0 radical (unpaired) electrons. The maximum absolute atomic E-state index is 6.25. The predicted molar refractivity (Wildman–Crippen MR) is 118 cm³/mol. The first-order chi connectivity index (χ1) is 14.1. The number of nitrogens with two attached hydrogens (primary N) is 1. The summed E-state index contributed by atoms with van der Waals surface area (Å²) < 4.78 is 5.97. The molecule has 0 spiro atoms. The summed E-state index contributed by atoms with van der Waals surface area (Å²) in [6.07, 6.45) is 8.47. The molecular formula is C23H29N5O. The van der Waals surface area contributed by atoms with Gasteiger partial charge >= 0.3 is 0 Å². The molecule has 1 atom stereocenters. The van der Waals surface area contributed by atoms with Gasteiger partial charge in [-0.3, -0.25) is 4.90 Å². The molecule has 0 bridgehead atoms. The lowest BCUT2D eigenvalue weighted by Gasteiger charge is -2.43. The Morgan fingerprint density at radius 2 is 1.97 bits per heavy atom. The minimum atomic E-state index is 0.397. The van der Waals surface area contributed by atoms with Gasteiger partial charge in [0.1, 0.15) is 29.5 Å². The van der Waals surface area contributed by atoms with Crippen molar-refractivity contribution in [3.8, 4) is 5.75 Å². The van der Waals surface area contributed by atoms with Crippen LogP contribution in [0.5, 0.6) is 5.75 Å². The summed E-state index contributed by atoms with van der Waals surface area (Å²) >= 11 is 0. The van der Waals surface area contributed by atoms with Crippen LogP contribution in [0.3, 0.4) is 0 Å². The molecule has 3 N–H and O–H groups in total. The van der Waals surface area contributed by atoms with Crippen LogP contribution in [0.25, 0.3) is 5.57 Å². The monoisotopic (exact) mass is 391 g/mol. The maximum atomic E-state index is 6.25. The van der Waals surface area contributed by atoms with Crippen LogP contribution in [-0.2, 0) is 0 Å². The van der Waals surface area contributed by atoms with E-state index >= 15 is 0 Å². The molecular weight excluding hydrogens is 362 g/mol. The van der Waals surface area contributed by atoms with Crippen molar-refractivity contribution in [1.82, 2.24) is 14.9 Å². The van der Waals surface area contributed by atoms with Crippen LogP contribution in [0.1, 0.15) is 38.7 Å². The molecule has 0 saturated carbocycles. The zero-order valence-electron chi connectivity index (χ0n) is 17.1. The van der Waals surface area contributed by atoms with Crippen molar-refractivity contribution in [1.29, 1.82) is 0 Å². The maximum Gasteiger partial charge on any atom is 0.139 e. The second-order valence-electron chi connectivity index (χ2n) is 7.77. The number of para-hydroxylation sites is 1. The van der Waals surface area contributed by atoms with Gasteiger partial charge in [-0.1, -0.05) is 31.2 Å². The molecule has 6 heteroatoms. The Morgan fingerprint density at radius 3 is 2.66 bits per heavy atom. The molecule has 2 aromatic rings. The van der Waals surface area contributed by atoms with Gasteiger partial charge in [0.2, 0.25) is 0 Å². The first kappa shape index (κ1) is 19.5. The Hall–Kier alpha value is -2.86. The summed E-state index contributed by atoms with van der Waals surface area (Å²) in [4.78, 5) is 11.2. The Kier molecular flexibility index (Phi) is 5.81. The highest BCUT2D eigenvalue weighted by atomic mass is 16.5. The van der Waals surface area contributed by atoms with Crippen LogP contribution in [0.2, 0.25) is 0 Å². The summed E-state index contributed by atoms with van der Waals surface area (Å²) in [6, 6.07) is 10.9. The molecule has 1 aromatic heterocycles. The van der Waals surface area contributed by atoms with Crippen LogP contribution in [-0.4, -0.2) is 40.0 Å². The first-order valence-corrected chi connectivity index (χ1v) is 10.4. The third kappa shape index (κ3) is 4.43. The lowest BCUT2D eigenvalue weighted by atomic mass is 9.96. The molecule has 1 unspecified atom stereocenters. The summed E-state index contributed by atoms with van der Waals surface area (Å²) in [5.41, 5.74) is 8.31. The third-order valence-corrected chi connectivity index (χ3v) is 5.77. The molecule has 1 aliphatic carbocycles. The van der Waals surface area contributed by atoms with E-state index in [2.05, 4.69) is 40.1 Å². The summed E-state index contributed by atoms with van der Waals surface area (Å²) in [5.74, 6) is 3.16. The number of aromatic nitrogens is 2. The molecule has 6 nitrogen and oxygen atoms in total. The van der Waals surface area contributed by atoms with Crippen molar-refractivity contribution in [2.45, 2.75) is 45.2 Å². The molecule has 1 saturated heterocycles. The smallest absolute Gasteiger partial charge is 0.139 e. The van der Waals surface area contributed by atoms with Gasteiger partial charge in [0.05, 0.1) is 11.6 Å². The highest BCUT2D eigenvalue weighted by Crippen LogP contribution is 2.34. The highest BCUT2D eigenvalue weighted by Gasteiger charge is 2.30. The molecule has 29 heavy (non-hydrogen) atoms. The lowest BCUT2D eigenvalue weighted by Crippen LogP contribution is -2.57. The Morgan fingerprint density at radius 1 is 1.17 bits per heavy atom. The van der Waals surface area contributed by atoms with Crippen molar-refractivity contribution in [2.75, 3.05) is 24.1 Å². The number of nitrogen functional groups attached to an aromatic ring is 1. The van der Waals surface area contributed by atoms with E-state index in [1.807, 2.05) is 36.4 Å². The Bertz CT molecular complexity index is 903. The molecule has 1 aromatic carbocycles. The van der Waals surface area contributed by atoms with E-state index in [0.717, 1.165) is 54.4 Å². The number of hydrogen-bond acceptors (Lipinski definition) is 6. The van der Waals surface area contributed by atoms with E-state index in [1.54, 1.807) is 0 Å². The first-order valence-electron chi connectivity index (χ1n) is 10.4. The number of nitrogens with one attached hydrogen (secondary N) is 1. The number of benzene rings is 1. The van der Waals surface area contributed by atoms with Crippen LogP contribution in [0.4, 0.5) is 11.6 Å². The number of hydrogen-bond donors (Lipinski definition) is 2. The SMILES string of the molecule is CCC(C)N1CC(Nc2ncnc(N)c2C2=CC=C(Oc3ccccc3)CC2)C1. The van der Waals surface area contributed by atoms with Crippen LogP contribution in [0.15, 0.2) is 54.6 Å². The number of rotatable bonds is 7. The second kappa shape index (κ2) is 8.66. The van der Waals surface area contributed by atoms with Gasteiger partial charge in [-0.05, 0) is 43.5 Å². The van der Waals surface area contributed by atoms with Gasteiger partial charge in [-0.25, -0.2) is 9.97 Å². The minimum Gasteiger partial charge on any atom is -0.462 e. The van der Waals surface area contributed by atoms with E-state index in [4.69, 9.17) is 10.5 Å². The molecule has 2 heterocycles. The Labute approximate surface area is 172 Å². The van der Waals surface area contributed by atoms with E-state index in [9.17, 15) is 0 Å². The summed E-state index contributed by atoms with van der Waals surface area (Å²) in [6.45, 7) is 6.57. The number of nitrogens with zero attached hydrogens (tertiary/aromatic N) is 3. The quantitative estimate of drug-likeness (QED) is 0.740. The van der Waals surface area contributed by atoms with E-state index in [-0.39, 0.29) is 0 Å². The zero-order valence-corrected chi connectivity index (χ0v) is 17.1. The molecule has 2 aliphatic rings. The minimum absolute atomic E-state index is 0.397. The topological polar surface area (TPSA) is 76.3 Å². The molecule has 0 amide bonds. The summed E-state index contributed by atoms with van der Waals surface area (Å²) in [7, 11) is 0. The van der Waals surface area contributed by atoms with Crippen LogP contribution >= 0.6 is 0 Å². The molecule has 152 valence electrons. The van der Waals surface area contributed by atoms with Crippen LogP contribution in [0, 0.1) is 0 Å². The van der Waals surface area contributed by atoms with Gasteiger partial charge in [0.25, 0.3) is 0 Å². The summed E-state index contributed by atoms with van der Waals surface area (Å²) in [5, 5.41) is 3.58. The largest absolute Gasteiger partial charge is 0.462 e. The highest BCUT2D eigenvalue weighted by molar-refractivity contribution is 5.82. The Balaban J connectivity index is 1.47. The average Bonchev–Trinajstić information content (AvgIpc) is 2.71. The molecule has 1 aliphatic heterocycles. The van der Waals surface area contributed by atoms with Gasteiger partial charge in [0.15, 0.2) is 0 Å². The van der Waals surface area contributed by atoms with Crippen molar-refractivity contribution in [3.05, 3.63) is 60.1 Å². The van der Waals surface area contributed by atoms with E-state index < -0.39 is 0 Å². The number of allylic oxidation sites excluding steroid dienone is 4. The van der Waals surface area contributed by atoms with E-state index in [0.29, 0.717) is 17.9 Å². The normalized spacial score (nSPS) is 18.4. The van der Waals surface area contributed by atoms with Crippen molar-refractivity contribution < 1.29 is 4.74 Å². The molecule has 1 fully saturated rings. The number of ether oxygens (including phenoxy) is 1. The fraction of sp³-hybridized carbons (Fsp3) is 0.391.